The number of hydrogen-bond donors (Lipinski definition) is 2. The van der Waals surface area contributed by atoms with E-state index in [1.54, 1.807) is 0 Å². The first-order valence-corrected chi connectivity index (χ1v) is 9.55. The summed E-state index contributed by atoms with van der Waals surface area (Å²) in [5.41, 5.74) is 3.52. The minimum Gasteiger partial charge on any atom is -0.493 e. The average molecular weight is 385 g/mol. The number of hydrogen-bond acceptors (Lipinski definition) is 3. The number of para-hydroxylation sites is 1. The maximum atomic E-state index is 13.1. The fourth-order valence-corrected chi connectivity index (χ4v) is 4.09. The third-order valence-electron chi connectivity index (χ3n) is 5.19. The van der Waals surface area contributed by atoms with Crippen LogP contribution in [0.3, 0.4) is 0 Å². The van der Waals surface area contributed by atoms with Crippen LogP contribution in [0.5, 0.6) is 5.75 Å². The summed E-state index contributed by atoms with van der Waals surface area (Å²) in [6.07, 6.45) is 1.62. The molecule has 0 aliphatic carbocycles. The van der Waals surface area contributed by atoms with Gasteiger partial charge in [-0.3, -0.25) is 9.59 Å². The van der Waals surface area contributed by atoms with E-state index in [9.17, 15) is 9.59 Å². The Labute approximate surface area is 163 Å². The highest BCUT2D eigenvalue weighted by atomic mass is 35.5. The lowest BCUT2D eigenvalue weighted by Crippen LogP contribution is -2.32. The van der Waals surface area contributed by atoms with E-state index in [1.807, 2.05) is 43.3 Å². The van der Waals surface area contributed by atoms with E-state index < -0.39 is 0 Å². The van der Waals surface area contributed by atoms with Crippen LogP contribution in [0.15, 0.2) is 36.4 Å². The molecule has 5 nitrogen and oxygen atoms in total. The number of carbonyl (C=O) groups is 2. The Morgan fingerprint density at radius 3 is 2.96 bits per heavy atom. The molecule has 2 aromatic rings. The van der Waals surface area contributed by atoms with Crippen molar-refractivity contribution < 1.29 is 14.3 Å². The standard InChI is InChI=1S/C21H21ClN2O3/c1-12(17-11-14(22)10-13-8-9-27-20(13)17)23-21(26)16-6-7-19(25)24-18-5-3-2-4-15(16)18/h2-5,10-12,16H,6-9H2,1H3,(H,23,26)(H,24,25). The van der Waals surface area contributed by atoms with Gasteiger partial charge in [0.2, 0.25) is 11.8 Å². The average Bonchev–Trinajstić information content (AvgIpc) is 3.03. The summed E-state index contributed by atoms with van der Waals surface area (Å²) in [6.45, 7) is 2.56. The molecule has 0 aromatic heterocycles. The van der Waals surface area contributed by atoms with Gasteiger partial charge in [0.1, 0.15) is 5.75 Å². The van der Waals surface area contributed by atoms with E-state index in [2.05, 4.69) is 10.6 Å². The number of rotatable bonds is 3. The normalized spacial score (nSPS) is 19.2. The van der Waals surface area contributed by atoms with Gasteiger partial charge in [-0.2, -0.15) is 0 Å². The lowest BCUT2D eigenvalue weighted by Gasteiger charge is -2.22. The van der Waals surface area contributed by atoms with E-state index >= 15 is 0 Å². The highest BCUT2D eigenvalue weighted by Gasteiger charge is 2.29. The van der Waals surface area contributed by atoms with Crippen molar-refractivity contribution in [1.82, 2.24) is 5.32 Å². The van der Waals surface area contributed by atoms with Crippen LogP contribution < -0.4 is 15.4 Å². The van der Waals surface area contributed by atoms with Gasteiger partial charge in [-0.1, -0.05) is 29.8 Å². The monoisotopic (exact) mass is 384 g/mol. The molecule has 4 rings (SSSR count). The first-order valence-electron chi connectivity index (χ1n) is 9.17. The maximum absolute atomic E-state index is 13.1. The van der Waals surface area contributed by atoms with Crippen LogP contribution in [0.25, 0.3) is 0 Å². The summed E-state index contributed by atoms with van der Waals surface area (Å²) < 4.78 is 5.76. The number of ether oxygens (including phenoxy) is 1. The van der Waals surface area contributed by atoms with Gasteiger partial charge >= 0.3 is 0 Å². The largest absolute Gasteiger partial charge is 0.493 e. The van der Waals surface area contributed by atoms with Crippen LogP contribution in [0, 0.1) is 0 Å². The Kier molecular flexibility index (Phi) is 4.79. The molecule has 2 aliphatic heterocycles. The molecule has 6 heteroatoms. The van der Waals surface area contributed by atoms with Crippen LogP contribution in [0.1, 0.15) is 48.4 Å². The van der Waals surface area contributed by atoms with Gasteiger partial charge < -0.3 is 15.4 Å². The molecule has 0 fully saturated rings. The van der Waals surface area contributed by atoms with E-state index in [1.165, 1.54) is 0 Å². The molecule has 2 atom stereocenters. The highest BCUT2D eigenvalue weighted by molar-refractivity contribution is 6.30. The second-order valence-corrected chi connectivity index (χ2v) is 7.48. The summed E-state index contributed by atoms with van der Waals surface area (Å²) in [7, 11) is 0. The summed E-state index contributed by atoms with van der Waals surface area (Å²) in [4.78, 5) is 25.0. The number of nitrogens with one attached hydrogen (secondary N) is 2. The first-order chi connectivity index (χ1) is 13.0. The topological polar surface area (TPSA) is 67.4 Å². The summed E-state index contributed by atoms with van der Waals surface area (Å²) in [6, 6.07) is 11.0. The zero-order valence-corrected chi connectivity index (χ0v) is 15.8. The van der Waals surface area contributed by atoms with Crippen molar-refractivity contribution >= 4 is 29.1 Å². The van der Waals surface area contributed by atoms with Gasteiger partial charge in [-0.05, 0) is 42.7 Å². The predicted octanol–water partition coefficient (Wildman–Crippen LogP) is 3.97. The second-order valence-electron chi connectivity index (χ2n) is 7.04. The summed E-state index contributed by atoms with van der Waals surface area (Å²) in [5, 5.41) is 6.61. The van der Waals surface area contributed by atoms with Gasteiger partial charge in [0.25, 0.3) is 0 Å². The minimum absolute atomic E-state index is 0.0631. The molecule has 0 spiro atoms. The molecule has 140 valence electrons. The minimum atomic E-state index is -0.379. The molecule has 2 aliphatic rings. The van der Waals surface area contributed by atoms with Crippen LogP contribution in [-0.4, -0.2) is 18.4 Å². The predicted molar refractivity (Wildman–Crippen MR) is 104 cm³/mol. The summed E-state index contributed by atoms with van der Waals surface area (Å²) in [5.74, 6) is 0.283. The molecule has 2 amide bonds. The van der Waals surface area contributed by atoms with E-state index in [4.69, 9.17) is 16.3 Å². The van der Waals surface area contributed by atoms with Crippen LogP contribution in [0.2, 0.25) is 5.02 Å². The Hall–Kier alpha value is -2.53. The maximum Gasteiger partial charge on any atom is 0.228 e. The molecule has 2 aromatic carbocycles. The third-order valence-corrected chi connectivity index (χ3v) is 5.41. The lowest BCUT2D eigenvalue weighted by molar-refractivity contribution is -0.123. The lowest BCUT2D eigenvalue weighted by atomic mass is 9.92. The molecule has 0 saturated heterocycles. The molecular formula is C21H21ClN2O3. The fraction of sp³-hybridized carbons (Fsp3) is 0.333. The van der Waals surface area contributed by atoms with Gasteiger partial charge in [-0.25, -0.2) is 0 Å². The Bertz CT molecular complexity index is 912. The molecule has 2 N–H and O–H groups in total. The van der Waals surface area contributed by atoms with Gasteiger partial charge in [0.15, 0.2) is 0 Å². The van der Waals surface area contributed by atoms with Crippen molar-refractivity contribution in [2.45, 2.75) is 38.1 Å². The van der Waals surface area contributed by atoms with Gasteiger partial charge in [-0.15, -0.1) is 0 Å². The smallest absolute Gasteiger partial charge is 0.228 e. The number of anilines is 1. The van der Waals surface area contributed by atoms with Crippen LogP contribution in [0.4, 0.5) is 5.69 Å². The number of amides is 2. The zero-order valence-electron chi connectivity index (χ0n) is 15.0. The molecule has 2 heterocycles. The summed E-state index contributed by atoms with van der Waals surface area (Å²) >= 11 is 6.25. The van der Waals surface area contributed by atoms with Crippen molar-refractivity contribution in [3.63, 3.8) is 0 Å². The highest BCUT2D eigenvalue weighted by Crippen LogP contribution is 2.37. The zero-order chi connectivity index (χ0) is 19.0. The molecular weight excluding hydrogens is 364 g/mol. The van der Waals surface area contributed by atoms with Gasteiger partial charge in [0.05, 0.1) is 18.6 Å². The molecule has 0 saturated carbocycles. The van der Waals surface area contributed by atoms with E-state index in [-0.39, 0.29) is 23.8 Å². The molecule has 2 unspecified atom stereocenters. The number of benzene rings is 2. The van der Waals surface area contributed by atoms with E-state index in [0.29, 0.717) is 30.2 Å². The molecule has 0 radical (unpaired) electrons. The van der Waals surface area contributed by atoms with E-state index in [0.717, 1.165) is 28.9 Å². The van der Waals surface area contributed by atoms with Crippen LogP contribution >= 0.6 is 11.6 Å². The Morgan fingerprint density at radius 2 is 2.11 bits per heavy atom. The Morgan fingerprint density at radius 1 is 1.30 bits per heavy atom. The molecule has 27 heavy (non-hydrogen) atoms. The first kappa shape index (κ1) is 17.9. The Balaban J connectivity index is 1.59. The quantitative estimate of drug-likeness (QED) is 0.841. The fourth-order valence-electron chi connectivity index (χ4n) is 3.84. The second kappa shape index (κ2) is 7.24. The van der Waals surface area contributed by atoms with Crippen molar-refractivity contribution in [3.05, 3.63) is 58.1 Å². The number of fused-ring (bicyclic) bond motifs is 2. The van der Waals surface area contributed by atoms with Crippen molar-refractivity contribution in [2.24, 2.45) is 0 Å². The third kappa shape index (κ3) is 3.52. The van der Waals surface area contributed by atoms with Crippen molar-refractivity contribution in [1.29, 1.82) is 0 Å². The van der Waals surface area contributed by atoms with Gasteiger partial charge in [0, 0.05) is 29.1 Å². The number of halogens is 1. The van der Waals surface area contributed by atoms with Crippen molar-refractivity contribution in [2.75, 3.05) is 11.9 Å². The number of carbonyl (C=O) groups excluding carboxylic acids is 2. The van der Waals surface area contributed by atoms with Crippen molar-refractivity contribution in [3.8, 4) is 5.75 Å². The van der Waals surface area contributed by atoms with Crippen LogP contribution in [-0.2, 0) is 16.0 Å². The molecule has 0 bridgehead atoms. The SMILES string of the molecule is CC(NC(=O)C1CCC(=O)Nc2ccccc21)c1cc(Cl)cc2c1OCC2.